The van der Waals surface area contributed by atoms with Gasteiger partial charge >= 0.3 is 0 Å². The molecule has 2 aliphatic rings. The van der Waals surface area contributed by atoms with Gasteiger partial charge in [0.2, 0.25) is 5.95 Å². The molecular formula is C27H35N9O2. The first-order chi connectivity index (χ1) is 18.3. The molecule has 4 N–H and O–H groups in total. The summed E-state index contributed by atoms with van der Waals surface area (Å²) >= 11 is 0. The number of anilines is 5. The van der Waals surface area contributed by atoms with E-state index < -0.39 is 6.23 Å². The van der Waals surface area contributed by atoms with Crippen molar-refractivity contribution < 1.29 is 5.11 Å². The van der Waals surface area contributed by atoms with E-state index in [1.165, 1.54) is 16.4 Å². The molecule has 11 heteroatoms. The number of hydrazine groups is 1. The molecule has 2 aliphatic heterocycles. The summed E-state index contributed by atoms with van der Waals surface area (Å²) in [4.78, 5) is 23.9. The van der Waals surface area contributed by atoms with E-state index in [1.54, 1.807) is 28.4 Å². The molecule has 38 heavy (non-hydrogen) atoms. The lowest BCUT2D eigenvalue weighted by molar-refractivity contribution is 0.0244. The van der Waals surface area contributed by atoms with Crippen LogP contribution in [0.25, 0.3) is 0 Å². The van der Waals surface area contributed by atoms with Crippen LogP contribution in [0.1, 0.15) is 50.1 Å². The Hall–Kier alpha value is -3.80. The minimum atomic E-state index is -0.988. The zero-order chi connectivity index (χ0) is 27.0. The van der Waals surface area contributed by atoms with Crippen LogP contribution < -0.4 is 26.5 Å². The second-order valence-electron chi connectivity index (χ2n) is 10.1. The molecule has 11 nitrogen and oxygen atoms in total. The Morgan fingerprint density at radius 2 is 2.00 bits per heavy atom. The number of nitrogens with one attached hydrogen (secondary N) is 1. The number of benzene rings is 1. The maximum Gasteiger partial charge on any atom is 0.267 e. The molecule has 0 radical (unpaired) electrons. The fraction of sp³-hybridized carbons (Fsp3) is 0.407. The molecule has 0 saturated carbocycles. The summed E-state index contributed by atoms with van der Waals surface area (Å²) in [6.45, 7) is 12.0. The van der Waals surface area contributed by atoms with Gasteiger partial charge in [-0.1, -0.05) is 6.08 Å². The summed E-state index contributed by atoms with van der Waals surface area (Å²) in [5.74, 6) is 1.33. The van der Waals surface area contributed by atoms with E-state index in [9.17, 15) is 9.90 Å². The van der Waals surface area contributed by atoms with Crippen molar-refractivity contribution in [3.8, 4) is 0 Å². The van der Waals surface area contributed by atoms with Gasteiger partial charge < -0.3 is 21.1 Å². The Balaban J connectivity index is 1.45. The smallest absolute Gasteiger partial charge is 0.267 e. The van der Waals surface area contributed by atoms with Crippen molar-refractivity contribution >= 4 is 29.0 Å². The summed E-state index contributed by atoms with van der Waals surface area (Å²) in [6, 6.07) is 9.47. The zero-order valence-electron chi connectivity index (χ0n) is 22.1. The van der Waals surface area contributed by atoms with Gasteiger partial charge in [0.25, 0.3) is 5.56 Å². The number of piperidine rings is 1. The van der Waals surface area contributed by atoms with Crippen molar-refractivity contribution in [3.05, 3.63) is 70.7 Å². The van der Waals surface area contributed by atoms with Gasteiger partial charge in [0.05, 0.1) is 11.6 Å². The number of nitrogens with zero attached hydrogens (tertiary/aromatic N) is 7. The van der Waals surface area contributed by atoms with E-state index in [1.807, 2.05) is 19.9 Å². The lowest BCUT2D eigenvalue weighted by atomic mass is 10.0. The van der Waals surface area contributed by atoms with Crippen LogP contribution in [0.15, 0.2) is 54.0 Å². The second kappa shape index (κ2) is 10.5. The second-order valence-corrected chi connectivity index (χ2v) is 10.1. The number of rotatable bonds is 7. The first-order valence-electron chi connectivity index (χ1n) is 13.0. The fourth-order valence-corrected chi connectivity index (χ4v) is 5.00. The molecule has 0 amide bonds. The molecular weight excluding hydrogens is 482 g/mol. The predicted molar refractivity (Wildman–Crippen MR) is 149 cm³/mol. The summed E-state index contributed by atoms with van der Waals surface area (Å²) < 4.78 is 1.41. The number of aromatic nitrogens is 4. The van der Waals surface area contributed by atoms with Crippen molar-refractivity contribution in [2.75, 3.05) is 34.9 Å². The Bertz CT molecular complexity index is 1380. The van der Waals surface area contributed by atoms with Gasteiger partial charge in [0, 0.05) is 49.3 Å². The quantitative estimate of drug-likeness (QED) is 0.402. The number of fused-ring (bicyclic) bond motifs is 1. The van der Waals surface area contributed by atoms with E-state index in [4.69, 9.17) is 10.7 Å². The molecule has 1 saturated heterocycles. The van der Waals surface area contributed by atoms with Gasteiger partial charge in [-0.05, 0) is 63.4 Å². The first kappa shape index (κ1) is 25.8. The van der Waals surface area contributed by atoms with Crippen LogP contribution in [0.5, 0.6) is 0 Å². The third-order valence-electron chi connectivity index (χ3n) is 6.98. The number of nitrogens with two attached hydrogens (primary N) is 1. The van der Waals surface area contributed by atoms with Crippen molar-refractivity contribution in [3.63, 3.8) is 0 Å². The third kappa shape index (κ3) is 4.87. The molecule has 5 rings (SSSR count). The van der Waals surface area contributed by atoms with Gasteiger partial charge in [-0.25, -0.2) is 14.7 Å². The Kier molecular flexibility index (Phi) is 7.15. The maximum atomic E-state index is 12.3. The third-order valence-corrected chi connectivity index (χ3v) is 6.98. The monoisotopic (exact) mass is 517 g/mol. The Morgan fingerprint density at radius 1 is 1.24 bits per heavy atom. The largest absolute Gasteiger partial charge is 0.372 e. The lowest BCUT2D eigenvalue weighted by Crippen LogP contribution is -2.39. The number of aliphatic hydroxyl groups excluding tert-OH is 1. The van der Waals surface area contributed by atoms with Crippen LogP contribution in [-0.4, -0.2) is 55.5 Å². The van der Waals surface area contributed by atoms with E-state index in [2.05, 4.69) is 45.9 Å². The van der Waals surface area contributed by atoms with Crippen molar-refractivity contribution in [1.29, 1.82) is 0 Å². The summed E-state index contributed by atoms with van der Waals surface area (Å²) in [6.07, 6.45) is 4.31. The van der Waals surface area contributed by atoms with Crippen LogP contribution in [0.2, 0.25) is 0 Å². The van der Waals surface area contributed by atoms with Gasteiger partial charge in [0.1, 0.15) is 0 Å². The summed E-state index contributed by atoms with van der Waals surface area (Å²) in [5, 5.41) is 22.3. The van der Waals surface area contributed by atoms with E-state index >= 15 is 0 Å². The van der Waals surface area contributed by atoms with Gasteiger partial charge in [-0.2, -0.15) is 9.99 Å². The fourth-order valence-electron chi connectivity index (χ4n) is 5.00. The normalized spacial score (nSPS) is 18.2. The molecule has 0 spiro atoms. The average molecular weight is 518 g/mol. The van der Waals surface area contributed by atoms with Crippen LogP contribution >= 0.6 is 0 Å². The van der Waals surface area contributed by atoms with Crippen LogP contribution in [-0.2, 0) is 0 Å². The molecule has 2 aromatic heterocycles. The molecule has 200 valence electrons. The van der Waals surface area contributed by atoms with Crippen LogP contribution in [0, 0.1) is 6.92 Å². The molecule has 1 fully saturated rings. The summed E-state index contributed by atoms with van der Waals surface area (Å²) in [7, 11) is 0. The molecule has 0 aliphatic carbocycles. The minimum Gasteiger partial charge on any atom is -0.372 e. The minimum absolute atomic E-state index is 0.127. The lowest BCUT2D eigenvalue weighted by Gasteiger charge is -2.33. The predicted octanol–water partition coefficient (Wildman–Crippen LogP) is 3.14. The SMILES string of the molecule is C=CCN1C(O)c2cnc(Nc3ccc(N4CCC(N)CC4)c(C)c3)nc2N1c1ccc(=O)n(C(C)C)n1. The van der Waals surface area contributed by atoms with Crippen LogP contribution in [0.3, 0.4) is 0 Å². The first-order valence-corrected chi connectivity index (χ1v) is 13.0. The van der Waals surface area contributed by atoms with Gasteiger partial charge in [-0.15, -0.1) is 11.7 Å². The molecule has 1 aromatic carbocycles. The van der Waals surface area contributed by atoms with Gasteiger partial charge in [-0.3, -0.25) is 4.79 Å². The maximum absolute atomic E-state index is 12.3. The number of aryl methyl sites for hydroxylation is 1. The standard InChI is InChI=1S/C27H35N9O2/c1-5-12-34-26(38)21-16-29-27(31-25(21)36(34)23-8-9-24(37)35(32-23)17(2)3)30-20-6-7-22(18(4)15-20)33-13-10-19(28)11-14-33/h5-9,15-17,19,26,38H,1,10-14,28H2,2-4H3,(H,29,30,31). The van der Waals surface area contributed by atoms with Crippen molar-refractivity contribution in [1.82, 2.24) is 24.8 Å². The molecule has 1 unspecified atom stereocenters. The highest BCUT2D eigenvalue weighted by atomic mass is 16.3. The highest BCUT2D eigenvalue weighted by Gasteiger charge is 2.39. The van der Waals surface area contributed by atoms with E-state index in [-0.39, 0.29) is 17.6 Å². The highest BCUT2D eigenvalue weighted by Crippen LogP contribution is 2.41. The zero-order valence-corrected chi connectivity index (χ0v) is 22.1. The average Bonchev–Trinajstić information content (AvgIpc) is 3.16. The number of hydrogen-bond donors (Lipinski definition) is 3. The topological polar surface area (TPSA) is 129 Å². The Morgan fingerprint density at radius 3 is 2.68 bits per heavy atom. The van der Waals surface area contributed by atoms with Crippen molar-refractivity contribution in [2.24, 2.45) is 5.73 Å². The molecule has 3 aromatic rings. The van der Waals surface area contributed by atoms with Gasteiger partial charge in [0.15, 0.2) is 17.9 Å². The molecule has 4 heterocycles. The van der Waals surface area contributed by atoms with Crippen LogP contribution in [0.4, 0.5) is 29.0 Å². The van der Waals surface area contributed by atoms with E-state index in [0.717, 1.165) is 37.2 Å². The number of hydrogen-bond acceptors (Lipinski definition) is 10. The van der Waals surface area contributed by atoms with E-state index in [0.29, 0.717) is 29.7 Å². The molecule has 1 atom stereocenters. The number of aliphatic hydroxyl groups is 1. The molecule has 0 bridgehead atoms. The highest BCUT2D eigenvalue weighted by molar-refractivity contribution is 5.67. The Labute approximate surface area is 222 Å². The van der Waals surface area contributed by atoms with Crippen molar-refractivity contribution in [2.45, 2.75) is 51.9 Å². The summed E-state index contributed by atoms with van der Waals surface area (Å²) in [5.41, 5.74) is 9.63.